The third kappa shape index (κ3) is 11.1. The molecule has 0 bridgehead atoms. The van der Waals surface area contributed by atoms with Crippen molar-refractivity contribution in [3.8, 4) is 0 Å². The summed E-state index contributed by atoms with van der Waals surface area (Å²) in [5.41, 5.74) is 7.65. The van der Waals surface area contributed by atoms with Crippen molar-refractivity contribution in [2.24, 2.45) is 10.8 Å². The van der Waals surface area contributed by atoms with Gasteiger partial charge in [0.05, 0.1) is 0 Å². The molecule has 0 aromatic rings. The summed E-state index contributed by atoms with van der Waals surface area (Å²) in [5.74, 6) is 0. The summed E-state index contributed by atoms with van der Waals surface area (Å²) in [4.78, 5) is 0. The first-order valence-electron chi connectivity index (χ1n) is 5.01. The molecule has 0 aromatic heterocycles. The molecule has 80 valence electrons. The summed E-state index contributed by atoms with van der Waals surface area (Å²) in [7, 11) is 0. The van der Waals surface area contributed by atoms with E-state index in [1.165, 1.54) is 25.7 Å². The number of allylic oxidation sites excluding steroid dienone is 2. The van der Waals surface area contributed by atoms with Gasteiger partial charge in [0.2, 0.25) is 0 Å². The monoisotopic (exact) mass is 213 g/mol. The Morgan fingerprint density at radius 1 is 1.43 bits per heavy atom. The fraction of sp³-hybridized carbons (Fsp3) is 0.600. The second kappa shape index (κ2) is 10.2. The summed E-state index contributed by atoms with van der Waals surface area (Å²) >= 11 is 4.57. The van der Waals surface area contributed by atoms with Gasteiger partial charge in [-0.3, -0.25) is 5.43 Å². The van der Waals surface area contributed by atoms with Crippen LogP contribution in [0.4, 0.5) is 0 Å². The summed E-state index contributed by atoms with van der Waals surface area (Å²) in [6.45, 7) is 2.21. The van der Waals surface area contributed by atoms with Crippen molar-refractivity contribution in [3.05, 3.63) is 12.2 Å². The predicted molar refractivity (Wildman–Crippen MR) is 66.3 cm³/mol. The quantitative estimate of drug-likeness (QED) is 0.295. The molecular weight excluding hydrogens is 194 g/mol. The molecule has 0 fully saturated rings. The van der Waals surface area contributed by atoms with Gasteiger partial charge in [-0.15, -0.1) is 0 Å². The average molecular weight is 213 g/mol. The zero-order valence-electron chi connectivity index (χ0n) is 8.70. The van der Waals surface area contributed by atoms with E-state index in [9.17, 15) is 0 Å². The van der Waals surface area contributed by atoms with Crippen LogP contribution < -0.4 is 11.2 Å². The van der Waals surface area contributed by atoms with Crippen LogP contribution in [0.25, 0.3) is 0 Å². The Kier molecular flexibility index (Phi) is 9.53. The van der Waals surface area contributed by atoms with Gasteiger partial charge in [0, 0.05) is 6.21 Å². The second-order valence-corrected chi connectivity index (χ2v) is 3.47. The van der Waals surface area contributed by atoms with Gasteiger partial charge in [-0.1, -0.05) is 32.3 Å². The van der Waals surface area contributed by atoms with E-state index in [-0.39, 0.29) is 5.11 Å². The third-order valence-corrected chi connectivity index (χ3v) is 1.79. The van der Waals surface area contributed by atoms with Crippen molar-refractivity contribution in [2.75, 3.05) is 0 Å². The van der Waals surface area contributed by atoms with Crippen LogP contribution in [-0.2, 0) is 0 Å². The molecule has 0 heterocycles. The molecule has 0 atom stereocenters. The van der Waals surface area contributed by atoms with E-state index in [1.54, 1.807) is 6.21 Å². The van der Waals surface area contributed by atoms with E-state index in [0.717, 1.165) is 6.42 Å². The number of nitrogens with zero attached hydrogens (tertiary/aromatic N) is 1. The smallest absolute Gasteiger partial charge is 0.184 e. The minimum absolute atomic E-state index is 0.192. The fourth-order valence-electron chi connectivity index (χ4n) is 0.990. The van der Waals surface area contributed by atoms with Crippen LogP contribution in [0.5, 0.6) is 0 Å². The molecule has 0 aliphatic heterocycles. The zero-order chi connectivity index (χ0) is 10.6. The van der Waals surface area contributed by atoms with E-state index < -0.39 is 0 Å². The lowest BCUT2D eigenvalue weighted by molar-refractivity contribution is 0.674. The van der Waals surface area contributed by atoms with Crippen molar-refractivity contribution in [2.45, 2.75) is 39.0 Å². The molecule has 3 N–H and O–H groups in total. The van der Waals surface area contributed by atoms with Crippen LogP contribution >= 0.6 is 12.2 Å². The Labute approximate surface area is 91.4 Å². The van der Waals surface area contributed by atoms with E-state index in [1.807, 2.05) is 6.08 Å². The molecule has 3 nitrogen and oxygen atoms in total. The highest BCUT2D eigenvalue weighted by atomic mass is 32.1. The molecule has 14 heavy (non-hydrogen) atoms. The van der Waals surface area contributed by atoms with Crippen molar-refractivity contribution in [1.29, 1.82) is 0 Å². The summed E-state index contributed by atoms with van der Waals surface area (Å²) < 4.78 is 0. The topological polar surface area (TPSA) is 50.4 Å². The van der Waals surface area contributed by atoms with Crippen molar-refractivity contribution >= 4 is 23.5 Å². The third-order valence-electron chi connectivity index (χ3n) is 1.70. The Hall–Kier alpha value is -0.900. The van der Waals surface area contributed by atoms with E-state index in [0.29, 0.717) is 0 Å². The normalized spacial score (nSPS) is 11.2. The number of hydrazone groups is 1. The van der Waals surface area contributed by atoms with Gasteiger partial charge < -0.3 is 5.73 Å². The fourth-order valence-corrected chi connectivity index (χ4v) is 1.04. The van der Waals surface area contributed by atoms with Crippen molar-refractivity contribution in [3.63, 3.8) is 0 Å². The lowest BCUT2D eigenvalue weighted by Crippen LogP contribution is -2.23. The molecule has 0 unspecified atom stereocenters. The highest BCUT2D eigenvalue weighted by molar-refractivity contribution is 7.80. The Balaban J connectivity index is 3.26. The molecule has 0 spiro atoms. The number of thiocarbonyl (C=S) groups is 1. The van der Waals surface area contributed by atoms with Crippen LogP contribution in [0.15, 0.2) is 17.3 Å². The maximum Gasteiger partial charge on any atom is 0.184 e. The minimum atomic E-state index is 0.192. The lowest BCUT2D eigenvalue weighted by atomic mass is 10.1. The predicted octanol–water partition coefficient (Wildman–Crippen LogP) is 2.33. The number of nitrogens with two attached hydrogens (primary N) is 1. The highest BCUT2D eigenvalue weighted by Gasteiger charge is 1.83. The summed E-state index contributed by atoms with van der Waals surface area (Å²) in [5, 5.41) is 3.97. The van der Waals surface area contributed by atoms with E-state index in [4.69, 9.17) is 5.73 Å². The highest BCUT2D eigenvalue weighted by Crippen LogP contribution is 2.02. The van der Waals surface area contributed by atoms with Crippen molar-refractivity contribution in [1.82, 2.24) is 5.43 Å². The standard InChI is InChI=1S/C10H19N3S/c1-2-3-4-5-6-7-8-9-12-13-10(11)14/h7-9H,2-6H2,1H3,(H3,11,13,14). The summed E-state index contributed by atoms with van der Waals surface area (Å²) in [6, 6.07) is 0. The number of nitrogens with one attached hydrogen (secondary N) is 1. The lowest BCUT2D eigenvalue weighted by Gasteiger charge is -1.93. The van der Waals surface area contributed by atoms with Crippen LogP contribution in [0.1, 0.15) is 39.0 Å². The molecular formula is C10H19N3S. The van der Waals surface area contributed by atoms with Gasteiger partial charge in [0.15, 0.2) is 5.11 Å². The van der Waals surface area contributed by atoms with E-state index >= 15 is 0 Å². The van der Waals surface area contributed by atoms with Gasteiger partial charge >= 0.3 is 0 Å². The molecule has 0 aliphatic carbocycles. The number of rotatable bonds is 7. The van der Waals surface area contributed by atoms with Crippen LogP contribution in [0.2, 0.25) is 0 Å². The molecule has 0 saturated carbocycles. The Morgan fingerprint density at radius 3 is 2.86 bits per heavy atom. The number of hydrogen-bond acceptors (Lipinski definition) is 2. The van der Waals surface area contributed by atoms with Gasteiger partial charge in [-0.25, -0.2) is 0 Å². The Bertz CT molecular complexity index is 200. The van der Waals surface area contributed by atoms with Gasteiger partial charge in [0.1, 0.15) is 0 Å². The molecule has 0 aromatic carbocycles. The first-order chi connectivity index (χ1) is 6.77. The molecule has 0 radical (unpaired) electrons. The first-order valence-corrected chi connectivity index (χ1v) is 5.41. The van der Waals surface area contributed by atoms with E-state index in [2.05, 4.69) is 35.7 Å². The average Bonchev–Trinajstić information content (AvgIpc) is 2.15. The largest absolute Gasteiger partial charge is 0.375 e. The molecule has 0 amide bonds. The number of unbranched alkanes of at least 4 members (excludes halogenated alkanes) is 4. The Morgan fingerprint density at radius 2 is 2.21 bits per heavy atom. The van der Waals surface area contributed by atoms with Crippen LogP contribution in [0.3, 0.4) is 0 Å². The van der Waals surface area contributed by atoms with Gasteiger partial charge in [-0.05, 0) is 31.1 Å². The molecule has 0 rings (SSSR count). The van der Waals surface area contributed by atoms with Crippen molar-refractivity contribution < 1.29 is 0 Å². The second-order valence-electron chi connectivity index (χ2n) is 3.03. The molecule has 0 saturated heterocycles. The van der Waals surface area contributed by atoms with Crippen LogP contribution in [-0.4, -0.2) is 11.3 Å². The first kappa shape index (κ1) is 13.1. The molecule has 4 heteroatoms. The zero-order valence-corrected chi connectivity index (χ0v) is 9.52. The number of hydrogen-bond donors (Lipinski definition) is 2. The van der Waals surface area contributed by atoms with Gasteiger partial charge in [0.25, 0.3) is 0 Å². The SMILES string of the molecule is CCCCCCC=CC=NNC(N)=S. The molecule has 0 aliphatic rings. The van der Waals surface area contributed by atoms with Gasteiger partial charge in [-0.2, -0.15) is 5.10 Å². The van der Waals surface area contributed by atoms with Crippen LogP contribution in [0, 0.1) is 0 Å². The maximum absolute atomic E-state index is 5.17. The minimum Gasteiger partial charge on any atom is -0.375 e. The maximum atomic E-state index is 5.17. The summed E-state index contributed by atoms with van der Waals surface area (Å²) in [6.07, 6.45) is 11.9.